The lowest BCUT2D eigenvalue weighted by molar-refractivity contribution is -0.130. The Hall–Kier alpha value is -4.76. The van der Waals surface area contributed by atoms with E-state index in [1.54, 1.807) is 53.4 Å². The highest BCUT2D eigenvalue weighted by molar-refractivity contribution is 7.90. The topological polar surface area (TPSA) is 140 Å². The second-order valence-corrected chi connectivity index (χ2v) is 12.1. The van der Waals surface area contributed by atoms with E-state index in [-0.39, 0.29) is 23.7 Å². The molecule has 1 unspecified atom stereocenters. The third-order valence-electron chi connectivity index (χ3n) is 7.23. The minimum absolute atomic E-state index is 0.119. The van der Waals surface area contributed by atoms with Gasteiger partial charge in [0.1, 0.15) is 6.54 Å². The third kappa shape index (κ3) is 7.32. The van der Waals surface area contributed by atoms with E-state index in [4.69, 9.17) is 0 Å². The van der Waals surface area contributed by atoms with Gasteiger partial charge in [-0.1, -0.05) is 60.7 Å². The van der Waals surface area contributed by atoms with Crippen molar-refractivity contribution in [2.45, 2.75) is 31.1 Å². The fourth-order valence-electron chi connectivity index (χ4n) is 5.02. The number of anilines is 2. The van der Waals surface area contributed by atoms with E-state index in [0.29, 0.717) is 35.6 Å². The Morgan fingerprint density at radius 2 is 1.62 bits per heavy atom. The number of amides is 4. The van der Waals surface area contributed by atoms with Crippen LogP contribution in [0.5, 0.6) is 0 Å². The summed E-state index contributed by atoms with van der Waals surface area (Å²) in [5.41, 5.74) is -3.08. The van der Waals surface area contributed by atoms with Crippen LogP contribution in [0.4, 0.5) is 29.3 Å². The zero-order valence-corrected chi connectivity index (χ0v) is 24.6. The van der Waals surface area contributed by atoms with E-state index in [0.717, 1.165) is 12.8 Å². The highest BCUT2D eigenvalue weighted by Gasteiger charge is 2.45. The maximum absolute atomic E-state index is 14.0. The average Bonchev–Trinajstić information content (AvgIpc) is 3.53. The molecule has 236 valence electrons. The Bertz CT molecular complexity index is 1730. The Kier molecular flexibility index (Phi) is 9.20. The molecule has 2 aliphatic rings. The van der Waals surface area contributed by atoms with Gasteiger partial charge in [0.2, 0.25) is 12.1 Å². The predicted octanol–water partition coefficient (Wildman–Crippen LogP) is 3.58. The summed E-state index contributed by atoms with van der Waals surface area (Å²) in [5, 5.41) is 5.06. The first-order valence-electron chi connectivity index (χ1n) is 14.0. The van der Waals surface area contributed by atoms with Gasteiger partial charge >= 0.3 is 21.6 Å². The van der Waals surface area contributed by atoms with Crippen molar-refractivity contribution < 1.29 is 36.0 Å². The van der Waals surface area contributed by atoms with Crippen molar-refractivity contribution in [2.75, 3.05) is 29.9 Å². The van der Waals surface area contributed by atoms with E-state index < -0.39 is 40.2 Å². The van der Waals surface area contributed by atoms with Gasteiger partial charge in [0, 0.05) is 36.4 Å². The molecule has 1 atom stereocenters. The molecule has 1 saturated heterocycles. The lowest BCUT2D eigenvalue weighted by Gasteiger charge is -2.27. The molecule has 3 aromatic rings. The summed E-state index contributed by atoms with van der Waals surface area (Å²) in [4.78, 5) is 48.0. The number of carbonyl (C=O) groups is 3. The standard InChI is InChI=1S/C30H29F3N6O5S/c31-30(32,33)45(43,44)34-18-20-9-8-12-22(17-20)35-29(42)37-27-28(41)39(19-25(40)38-15-6-7-16-38)24-14-5-4-13-23(24)26(36-27)21-10-2-1-3-11-21/h1-5,8-14,17,27,34H,6-7,15-16,18-19H2,(H2,35,37,42). The van der Waals surface area contributed by atoms with Crippen LogP contribution in [-0.4, -0.2) is 68.2 Å². The number of sulfonamides is 1. The van der Waals surface area contributed by atoms with Gasteiger partial charge in [0.25, 0.3) is 5.91 Å². The number of halogens is 3. The number of rotatable bonds is 8. The number of benzene rings is 3. The van der Waals surface area contributed by atoms with Gasteiger partial charge in [0.15, 0.2) is 0 Å². The number of carbonyl (C=O) groups excluding carboxylic acids is 3. The fourth-order valence-corrected chi connectivity index (χ4v) is 5.55. The molecule has 0 spiro atoms. The lowest BCUT2D eigenvalue weighted by Crippen LogP contribution is -2.51. The molecule has 11 nitrogen and oxygen atoms in total. The summed E-state index contributed by atoms with van der Waals surface area (Å²) in [7, 11) is -5.56. The quantitative estimate of drug-likeness (QED) is 0.345. The van der Waals surface area contributed by atoms with Crippen LogP contribution in [0.25, 0.3) is 0 Å². The normalized spacial score (nSPS) is 16.9. The molecule has 3 N–H and O–H groups in total. The summed E-state index contributed by atoms with van der Waals surface area (Å²) < 4.78 is 62.3. The second kappa shape index (κ2) is 13.1. The second-order valence-electron chi connectivity index (χ2n) is 10.3. The Morgan fingerprint density at radius 1 is 0.933 bits per heavy atom. The number of aliphatic imine (C=N–C) groups is 1. The minimum atomic E-state index is -5.56. The Balaban J connectivity index is 1.40. The van der Waals surface area contributed by atoms with Gasteiger partial charge in [-0.3, -0.25) is 14.5 Å². The van der Waals surface area contributed by atoms with Crippen LogP contribution >= 0.6 is 0 Å². The highest BCUT2D eigenvalue weighted by atomic mass is 32.2. The number of hydrogen-bond acceptors (Lipinski definition) is 6. The molecule has 0 aliphatic carbocycles. The van der Waals surface area contributed by atoms with Crippen LogP contribution in [0, 0.1) is 0 Å². The van der Waals surface area contributed by atoms with Crippen LogP contribution in [0.15, 0.2) is 83.9 Å². The molecule has 3 aromatic carbocycles. The van der Waals surface area contributed by atoms with E-state index in [9.17, 15) is 36.0 Å². The van der Waals surface area contributed by atoms with Crippen molar-refractivity contribution in [3.05, 3.63) is 95.6 Å². The summed E-state index contributed by atoms with van der Waals surface area (Å²) in [6.45, 7) is 0.246. The lowest BCUT2D eigenvalue weighted by atomic mass is 10.0. The van der Waals surface area contributed by atoms with Gasteiger partial charge in [-0.25, -0.2) is 22.9 Å². The molecule has 0 bridgehead atoms. The first-order chi connectivity index (χ1) is 21.4. The molecule has 45 heavy (non-hydrogen) atoms. The monoisotopic (exact) mass is 642 g/mol. The highest BCUT2D eigenvalue weighted by Crippen LogP contribution is 2.29. The van der Waals surface area contributed by atoms with E-state index >= 15 is 0 Å². The first kappa shape index (κ1) is 31.7. The zero-order chi connectivity index (χ0) is 32.2. The largest absolute Gasteiger partial charge is 0.511 e. The summed E-state index contributed by atoms with van der Waals surface area (Å²) in [6.07, 6.45) is 0.287. The van der Waals surface area contributed by atoms with Gasteiger partial charge in [-0.05, 0) is 36.6 Å². The zero-order valence-electron chi connectivity index (χ0n) is 23.8. The number of nitrogens with zero attached hydrogens (tertiary/aromatic N) is 3. The van der Waals surface area contributed by atoms with Crippen LogP contribution in [0.1, 0.15) is 29.5 Å². The third-order valence-corrected chi connectivity index (χ3v) is 8.36. The Morgan fingerprint density at radius 3 is 2.33 bits per heavy atom. The van der Waals surface area contributed by atoms with Gasteiger partial charge in [-0.15, -0.1) is 0 Å². The van der Waals surface area contributed by atoms with Crippen LogP contribution in [-0.2, 0) is 26.2 Å². The van der Waals surface area contributed by atoms with Gasteiger partial charge in [0.05, 0.1) is 11.4 Å². The van der Waals surface area contributed by atoms with Gasteiger partial charge in [-0.2, -0.15) is 13.2 Å². The average molecular weight is 643 g/mol. The number of hydrogen-bond donors (Lipinski definition) is 3. The van der Waals surface area contributed by atoms with Crippen molar-refractivity contribution in [3.63, 3.8) is 0 Å². The van der Waals surface area contributed by atoms with Crippen molar-refractivity contribution in [2.24, 2.45) is 4.99 Å². The minimum Gasteiger partial charge on any atom is -0.341 e. The Labute approximate surface area is 257 Å². The van der Waals surface area contributed by atoms with Crippen molar-refractivity contribution in [3.8, 4) is 0 Å². The number of nitrogens with one attached hydrogen (secondary N) is 3. The first-order valence-corrected chi connectivity index (χ1v) is 15.5. The number of alkyl halides is 3. The predicted molar refractivity (Wildman–Crippen MR) is 161 cm³/mol. The number of urea groups is 1. The SMILES string of the molecule is O=C(Nc1cccc(CNS(=O)(=O)C(F)(F)F)c1)NC1N=C(c2ccccc2)c2ccccc2N(CC(=O)N2CCCC2)C1=O. The fraction of sp³-hybridized carbons (Fsp3) is 0.267. The van der Waals surface area contributed by atoms with Crippen LogP contribution in [0.2, 0.25) is 0 Å². The number of likely N-dealkylation sites (tertiary alicyclic amines) is 1. The van der Waals surface area contributed by atoms with Crippen molar-refractivity contribution in [1.29, 1.82) is 0 Å². The van der Waals surface area contributed by atoms with E-state index in [1.807, 2.05) is 6.07 Å². The molecule has 0 saturated carbocycles. The number of benzodiazepines with no additional fused rings is 1. The summed E-state index contributed by atoms with van der Waals surface area (Å²) >= 11 is 0. The molecule has 4 amide bonds. The van der Waals surface area contributed by atoms with E-state index in [1.165, 1.54) is 33.9 Å². The maximum Gasteiger partial charge on any atom is 0.511 e. The number of fused-ring (bicyclic) bond motifs is 1. The smallest absolute Gasteiger partial charge is 0.341 e. The molecule has 2 aliphatic heterocycles. The van der Waals surface area contributed by atoms with Crippen LogP contribution < -0.4 is 20.3 Å². The molecule has 2 heterocycles. The van der Waals surface area contributed by atoms with Gasteiger partial charge < -0.3 is 15.5 Å². The summed E-state index contributed by atoms with van der Waals surface area (Å²) in [5.74, 6) is -0.883. The molecule has 1 fully saturated rings. The maximum atomic E-state index is 14.0. The molecule has 5 rings (SSSR count). The molecular formula is C30H29F3N6O5S. The summed E-state index contributed by atoms with van der Waals surface area (Å²) in [6, 6.07) is 20.7. The van der Waals surface area contributed by atoms with Crippen LogP contribution in [0.3, 0.4) is 0 Å². The molecule has 0 radical (unpaired) electrons. The van der Waals surface area contributed by atoms with E-state index in [2.05, 4.69) is 15.6 Å². The number of para-hydroxylation sites is 1. The van der Waals surface area contributed by atoms with Crippen molar-refractivity contribution in [1.82, 2.24) is 14.9 Å². The van der Waals surface area contributed by atoms with Crippen molar-refractivity contribution >= 4 is 45.0 Å². The molecule has 15 heteroatoms. The molecular weight excluding hydrogens is 613 g/mol. The molecule has 0 aromatic heterocycles.